The molecule has 0 fully saturated rings. The van der Waals surface area contributed by atoms with Crippen molar-refractivity contribution in [1.82, 2.24) is 9.55 Å². The number of carbonyl (C=O) groups is 1. The Balaban J connectivity index is 2.42. The van der Waals surface area contributed by atoms with E-state index < -0.39 is 54.1 Å². The molecule has 1 aromatic carbocycles. The normalized spacial score (nSPS) is 14.6. The molecule has 146 valence electrons. The van der Waals surface area contributed by atoms with E-state index in [9.17, 15) is 30.0 Å². The summed E-state index contributed by atoms with van der Waals surface area (Å²) in [6.45, 7) is -0.876. The molecule has 0 saturated heterocycles. The summed E-state index contributed by atoms with van der Waals surface area (Å²) in [4.78, 5) is 26.6. The van der Waals surface area contributed by atoms with Crippen LogP contribution in [0, 0.1) is 4.77 Å². The Hall–Kier alpha value is -2.08. The van der Waals surface area contributed by atoms with Crippen molar-refractivity contribution in [3.05, 3.63) is 50.0 Å². The molecule has 0 spiro atoms. The molecule has 6 N–H and O–H groups in total. The first-order valence-electron chi connectivity index (χ1n) is 7.68. The lowest BCUT2D eigenvalue weighted by Crippen LogP contribution is -2.44. The summed E-state index contributed by atoms with van der Waals surface area (Å²) in [5.41, 5.74) is -0.878. The van der Waals surface area contributed by atoms with Gasteiger partial charge in [-0.25, -0.2) is 0 Å². The van der Waals surface area contributed by atoms with Gasteiger partial charge >= 0.3 is 0 Å². The number of nitrogens with one attached hydrogen (secondary N) is 1. The molecule has 0 aliphatic carbocycles. The van der Waals surface area contributed by atoms with Gasteiger partial charge in [0, 0.05) is 11.4 Å². The second-order valence-corrected chi connectivity index (χ2v) is 6.52. The lowest BCUT2D eigenvalue weighted by molar-refractivity contribution is -0.139. The Morgan fingerprint density at radius 1 is 1.22 bits per heavy atom. The predicted octanol–water partition coefficient (Wildman–Crippen LogP) is -0.559. The average molecular weight is 417 g/mol. The fourth-order valence-electron chi connectivity index (χ4n) is 2.34. The third-order valence-corrected chi connectivity index (χ3v) is 4.39. The van der Waals surface area contributed by atoms with E-state index in [1.54, 1.807) is 0 Å². The number of nitrogens with zero attached hydrogens (tertiary/aromatic N) is 1. The highest BCUT2D eigenvalue weighted by molar-refractivity contribution is 7.71. The zero-order valence-electron chi connectivity index (χ0n) is 13.7. The molecular weight excluding hydrogens is 400 g/mol. The first kappa shape index (κ1) is 21.2. The molecule has 3 atom stereocenters. The zero-order valence-corrected chi connectivity index (χ0v) is 15.3. The summed E-state index contributed by atoms with van der Waals surface area (Å²) in [5, 5.41) is 48.4. The quantitative estimate of drug-likeness (QED) is 0.328. The van der Waals surface area contributed by atoms with E-state index in [1.807, 2.05) is 0 Å². The maximum Gasteiger partial charge on any atom is 0.259 e. The van der Waals surface area contributed by atoms with Gasteiger partial charge in [0.05, 0.1) is 17.9 Å². The van der Waals surface area contributed by atoms with E-state index in [4.69, 9.17) is 28.9 Å². The zero-order chi connectivity index (χ0) is 20.3. The number of carbonyl (C=O) groups excluding carboxylic acids is 1. The van der Waals surface area contributed by atoms with Crippen molar-refractivity contribution in [2.24, 2.45) is 0 Å². The Bertz CT molecular complexity index is 941. The van der Waals surface area contributed by atoms with Crippen LogP contribution in [0.5, 0.6) is 5.88 Å². The third kappa shape index (κ3) is 4.61. The van der Waals surface area contributed by atoms with Gasteiger partial charge in [-0.1, -0.05) is 11.6 Å². The minimum absolute atomic E-state index is 0.132. The van der Waals surface area contributed by atoms with Gasteiger partial charge in [-0.3, -0.25) is 19.1 Å². The highest BCUT2D eigenvalue weighted by Gasteiger charge is 2.31. The van der Waals surface area contributed by atoms with E-state index in [1.165, 1.54) is 24.3 Å². The Kier molecular flexibility index (Phi) is 6.87. The molecule has 0 aliphatic rings. The number of benzene rings is 1. The molecule has 0 amide bonds. The van der Waals surface area contributed by atoms with Crippen molar-refractivity contribution in [3.63, 3.8) is 0 Å². The van der Waals surface area contributed by atoms with Crippen LogP contribution in [0.1, 0.15) is 5.56 Å². The van der Waals surface area contributed by atoms with E-state index in [0.29, 0.717) is 10.7 Å². The van der Waals surface area contributed by atoms with Crippen LogP contribution < -0.4 is 5.56 Å². The fraction of sp³-hybridized carbons (Fsp3) is 0.312. The van der Waals surface area contributed by atoms with E-state index in [2.05, 4.69) is 4.98 Å². The molecule has 0 radical (unpaired) electrons. The molecule has 1 unspecified atom stereocenters. The monoisotopic (exact) mass is 416 g/mol. The highest BCUT2D eigenvalue weighted by atomic mass is 35.5. The topological polar surface area (TPSA) is 156 Å². The predicted molar refractivity (Wildman–Crippen MR) is 97.7 cm³/mol. The molecule has 2 aromatic rings. The molecule has 2 rings (SSSR count). The summed E-state index contributed by atoms with van der Waals surface area (Å²) in [7, 11) is 0. The molecular formula is C16H17ClN2O7S. The van der Waals surface area contributed by atoms with Gasteiger partial charge in [-0.05, 0) is 36.5 Å². The van der Waals surface area contributed by atoms with Crippen LogP contribution >= 0.6 is 23.8 Å². The number of H-pyrrole nitrogens is 1. The van der Waals surface area contributed by atoms with Crippen molar-refractivity contribution in [1.29, 1.82) is 0 Å². The number of aromatic hydroxyl groups is 1. The maximum absolute atomic E-state index is 12.1. The van der Waals surface area contributed by atoms with Crippen LogP contribution in [0.4, 0.5) is 0 Å². The lowest BCUT2D eigenvalue weighted by atomic mass is 10.00. The maximum atomic E-state index is 12.1. The SMILES string of the molecule is O=C(Cc1c(O)n(-c2ccc(Cl)cc2)c(=S)[nH]c1=O)[C@@H](O)[C@H](O)C(O)CO. The van der Waals surface area contributed by atoms with Gasteiger partial charge in [0.2, 0.25) is 5.88 Å². The summed E-state index contributed by atoms with van der Waals surface area (Å²) in [5.74, 6) is -1.67. The number of hydrogen-bond donors (Lipinski definition) is 6. The van der Waals surface area contributed by atoms with Crippen LogP contribution in [0.2, 0.25) is 5.02 Å². The number of Topliss-reactive ketones (excluding diaryl/α,β-unsaturated/α-hetero) is 1. The molecule has 0 saturated carbocycles. The van der Waals surface area contributed by atoms with Gasteiger partial charge < -0.3 is 25.5 Å². The van der Waals surface area contributed by atoms with Crippen molar-refractivity contribution < 1.29 is 30.3 Å². The average Bonchev–Trinajstić information content (AvgIpc) is 2.64. The highest BCUT2D eigenvalue weighted by Crippen LogP contribution is 2.22. The molecule has 11 heteroatoms. The molecule has 0 bridgehead atoms. The number of aromatic nitrogens is 2. The molecule has 27 heavy (non-hydrogen) atoms. The molecule has 1 heterocycles. The number of aromatic amines is 1. The lowest BCUT2D eigenvalue weighted by Gasteiger charge is -2.20. The van der Waals surface area contributed by atoms with Crippen LogP contribution in [0.15, 0.2) is 29.1 Å². The first-order valence-corrected chi connectivity index (χ1v) is 8.46. The summed E-state index contributed by atoms with van der Waals surface area (Å²) >= 11 is 10.9. The van der Waals surface area contributed by atoms with Crippen LogP contribution in [-0.2, 0) is 11.2 Å². The van der Waals surface area contributed by atoms with Crippen molar-refractivity contribution in [3.8, 4) is 11.6 Å². The standard InChI is InChI=1S/C16H17ClN2O7S/c17-7-1-3-8(4-2-7)19-15(26)9(14(25)18-16(19)27)5-10(21)12(23)13(24)11(22)6-20/h1-4,11-13,20,22-24,26H,5-6H2,(H,18,25,27)/t11?,12-,13-/m1/s1. The molecule has 9 nitrogen and oxygen atoms in total. The van der Waals surface area contributed by atoms with Gasteiger partial charge in [0.15, 0.2) is 10.6 Å². The largest absolute Gasteiger partial charge is 0.494 e. The minimum atomic E-state index is -2.07. The van der Waals surface area contributed by atoms with E-state index in [0.717, 1.165) is 4.57 Å². The Labute approximate surface area is 162 Å². The van der Waals surface area contributed by atoms with E-state index in [-0.39, 0.29) is 4.77 Å². The first-order chi connectivity index (χ1) is 12.7. The van der Waals surface area contributed by atoms with Gasteiger partial charge in [-0.2, -0.15) is 0 Å². The molecule has 0 aliphatic heterocycles. The smallest absolute Gasteiger partial charge is 0.259 e. The van der Waals surface area contributed by atoms with Crippen LogP contribution in [0.25, 0.3) is 5.69 Å². The van der Waals surface area contributed by atoms with Crippen LogP contribution in [-0.4, -0.2) is 65.8 Å². The number of aliphatic hydroxyl groups excluding tert-OH is 4. The van der Waals surface area contributed by atoms with E-state index >= 15 is 0 Å². The van der Waals surface area contributed by atoms with Crippen LogP contribution in [0.3, 0.4) is 0 Å². The van der Waals surface area contributed by atoms with Crippen molar-refractivity contribution in [2.75, 3.05) is 6.61 Å². The Morgan fingerprint density at radius 2 is 1.81 bits per heavy atom. The number of aliphatic hydroxyl groups is 4. The van der Waals surface area contributed by atoms with Gasteiger partial charge in [0.1, 0.15) is 18.3 Å². The Morgan fingerprint density at radius 3 is 2.37 bits per heavy atom. The second kappa shape index (κ2) is 8.74. The van der Waals surface area contributed by atoms with Crippen molar-refractivity contribution >= 4 is 29.6 Å². The second-order valence-electron chi connectivity index (χ2n) is 5.70. The number of halogens is 1. The third-order valence-electron chi connectivity index (χ3n) is 3.85. The molecule has 1 aromatic heterocycles. The van der Waals surface area contributed by atoms with Gasteiger partial charge in [-0.15, -0.1) is 0 Å². The summed E-state index contributed by atoms with van der Waals surface area (Å²) in [6.07, 6.45) is -6.52. The summed E-state index contributed by atoms with van der Waals surface area (Å²) in [6, 6.07) is 6.12. The number of ketones is 1. The van der Waals surface area contributed by atoms with Gasteiger partial charge in [0.25, 0.3) is 5.56 Å². The fourth-order valence-corrected chi connectivity index (χ4v) is 2.75. The number of rotatable bonds is 7. The minimum Gasteiger partial charge on any atom is -0.494 e. The summed E-state index contributed by atoms with van der Waals surface area (Å²) < 4.78 is 0.966. The number of hydrogen-bond acceptors (Lipinski definition) is 8. The van der Waals surface area contributed by atoms with Crippen molar-refractivity contribution in [2.45, 2.75) is 24.7 Å².